The average molecular weight is 389 g/mol. The Labute approximate surface area is 159 Å². The van der Waals surface area contributed by atoms with E-state index < -0.39 is 10.0 Å². The van der Waals surface area contributed by atoms with Crippen molar-refractivity contribution in [2.75, 3.05) is 32.8 Å². The third kappa shape index (κ3) is 4.72. The Balaban J connectivity index is 1.68. The Morgan fingerprint density at radius 3 is 2.52 bits per heavy atom. The van der Waals surface area contributed by atoms with Crippen LogP contribution in [0.5, 0.6) is 0 Å². The van der Waals surface area contributed by atoms with Gasteiger partial charge in [-0.1, -0.05) is 36.4 Å². The molecular formula is C19H23N3O4S. The Kier molecular flexibility index (Phi) is 6.22. The third-order valence-electron chi connectivity index (χ3n) is 4.41. The SMILES string of the molecule is NC(CNC(=O)c1cccc(S(=O)(=O)N2CCOCC2)c1)c1ccccc1. The summed E-state index contributed by atoms with van der Waals surface area (Å²) in [6.07, 6.45) is 0. The molecule has 1 atom stereocenters. The van der Waals surface area contributed by atoms with Crippen LogP contribution in [0.3, 0.4) is 0 Å². The van der Waals surface area contributed by atoms with Crippen LogP contribution in [0.2, 0.25) is 0 Å². The minimum Gasteiger partial charge on any atom is -0.379 e. The zero-order chi connectivity index (χ0) is 19.3. The van der Waals surface area contributed by atoms with Gasteiger partial charge in [0.15, 0.2) is 0 Å². The molecule has 8 heteroatoms. The maximum Gasteiger partial charge on any atom is 0.251 e. The van der Waals surface area contributed by atoms with E-state index in [1.54, 1.807) is 12.1 Å². The Hall–Kier alpha value is -2.26. The number of sulfonamides is 1. The van der Waals surface area contributed by atoms with Gasteiger partial charge >= 0.3 is 0 Å². The summed E-state index contributed by atoms with van der Waals surface area (Å²) in [6, 6.07) is 15.2. The first-order valence-corrected chi connectivity index (χ1v) is 10.2. The molecule has 7 nitrogen and oxygen atoms in total. The molecule has 0 radical (unpaired) electrons. The summed E-state index contributed by atoms with van der Waals surface area (Å²) in [6.45, 7) is 1.62. The molecule has 0 spiro atoms. The highest BCUT2D eigenvalue weighted by molar-refractivity contribution is 7.89. The van der Waals surface area contributed by atoms with Crippen LogP contribution in [0, 0.1) is 0 Å². The van der Waals surface area contributed by atoms with Crippen LogP contribution in [0.15, 0.2) is 59.5 Å². The molecule has 0 bridgehead atoms. The van der Waals surface area contributed by atoms with Gasteiger partial charge in [-0.3, -0.25) is 4.79 Å². The van der Waals surface area contributed by atoms with Crippen molar-refractivity contribution in [2.45, 2.75) is 10.9 Å². The number of benzene rings is 2. The van der Waals surface area contributed by atoms with Crippen LogP contribution in [0.4, 0.5) is 0 Å². The maximum atomic E-state index is 12.7. The van der Waals surface area contributed by atoms with E-state index in [0.29, 0.717) is 26.3 Å². The molecule has 3 N–H and O–H groups in total. The lowest BCUT2D eigenvalue weighted by Crippen LogP contribution is -2.40. The number of nitrogens with one attached hydrogen (secondary N) is 1. The summed E-state index contributed by atoms with van der Waals surface area (Å²) >= 11 is 0. The van der Waals surface area contributed by atoms with Gasteiger partial charge in [0.2, 0.25) is 10.0 Å². The maximum absolute atomic E-state index is 12.7. The zero-order valence-corrected chi connectivity index (χ0v) is 15.7. The molecule has 2 aromatic rings. The predicted molar refractivity (Wildman–Crippen MR) is 102 cm³/mol. The molecule has 0 aromatic heterocycles. The van der Waals surface area contributed by atoms with Crippen LogP contribution in [0.25, 0.3) is 0 Å². The largest absolute Gasteiger partial charge is 0.379 e. The lowest BCUT2D eigenvalue weighted by Gasteiger charge is -2.26. The summed E-state index contributed by atoms with van der Waals surface area (Å²) in [5, 5.41) is 2.76. The van der Waals surface area contributed by atoms with E-state index in [9.17, 15) is 13.2 Å². The van der Waals surface area contributed by atoms with Gasteiger partial charge in [-0.05, 0) is 23.8 Å². The van der Waals surface area contributed by atoms with Gasteiger partial charge in [-0.15, -0.1) is 0 Å². The van der Waals surface area contributed by atoms with E-state index >= 15 is 0 Å². The van der Waals surface area contributed by atoms with Crippen molar-refractivity contribution in [3.05, 3.63) is 65.7 Å². The number of hydrogen-bond acceptors (Lipinski definition) is 5. The number of amides is 1. The van der Waals surface area contributed by atoms with Gasteiger partial charge in [0.05, 0.1) is 18.1 Å². The highest BCUT2D eigenvalue weighted by Gasteiger charge is 2.26. The van der Waals surface area contributed by atoms with E-state index in [1.807, 2.05) is 30.3 Å². The lowest BCUT2D eigenvalue weighted by atomic mass is 10.1. The van der Waals surface area contributed by atoms with E-state index in [0.717, 1.165) is 5.56 Å². The Bertz CT molecular complexity index is 881. The van der Waals surface area contributed by atoms with Crippen molar-refractivity contribution < 1.29 is 17.9 Å². The minimum atomic E-state index is -3.64. The molecule has 1 heterocycles. The Morgan fingerprint density at radius 2 is 1.81 bits per heavy atom. The van der Waals surface area contributed by atoms with E-state index in [-0.39, 0.29) is 29.0 Å². The number of hydrogen-bond donors (Lipinski definition) is 2. The zero-order valence-electron chi connectivity index (χ0n) is 14.9. The molecule has 0 saturated carbocycles. The topological polar surface area (TPSA) is 102 Å². The number of carbonyl (C=O) groups excluding carboxylic acids is 1. The summed E-state index contributed by atoms with van der Waals surface area (Å²) in [4.78, 5) is 12.5. The number of carbonyl (C=O) groups is 1. The monoisotopic (exact) mass is 389 g/mol. The van der Waals surface area contributed by atoms with Gasteiger partial charge in [0.25, 0.3) is 5.91 Å². The smallest absolute Gasteiger partial charge is 0.251 e. The molecule has 1 aliphatic heterocycles. The highest BCUT2D eigenvalue weighted by atomic mass is 32.2. The van der Waals surface area contributed by atoms with Crippen LogP contribution < -0.4 is 11.1 Å². The fourth-order valence-electron chi connectivity index (χ4n) is 2.86. The molecule has 1 unspecified atom stereocenters. The molecule has 144 valence electrons. The van der Waals surface area contributed by atoms with Gasteiger partial charge in [0.1, 0.15) is 0 Å². The summed E-state index contributed by atoms with van der Waals surface area (Å²) in [5.41, 5.74) is 7.29. The number of nitrogens with two attached hydrogens (primary N) is 1. The molecule has 1 amide bonds. The van der Waals surface area contributed by atoms with Crippen LogP contribution in [-0.2, 0) is 14.8 Å². The van der Waals surface area contributed by atoms with Crippen molar-refractivity contribution >= 4 is 15.9 Å². The average Bonchev–Trinajstić information content (AvgIpc) is 2.73. The number of nitrogens with zero attached hydrogens (tertiary/aromatic N) is 1. The second-order valence-corrected chi connectivity index (χ2v) is 8.21. The molecule has 1 aliphatic rings. The highest BCUT2D eigenvalue weighted by Crippen LogP contribution is 2.18. The minimum absolute atomic E-state index is 0.101. The summed E-state index contributed by atoms with van der Waals surface area (Å²) in [5.74, 6) is -0.361. The molecule has 0 aliphatic carbocycles. The molecule has 1 fully saturated rings. The van der Waals surface area contributed by atoms with Crippen molar-refractivity contribution in [2.24, 2.45) is 5.73 Å². The van der Waals surface area contributed by atoms with E-state index in [4.69, 9.17) is 10.5 Å². The number of ether oxygens (including phenoxy) is 1. The third-order valence-corrected chi connectivity index (χ3v) is 6.31. The normalized spacial score (nSPS) is 16.6. The second kappa shape index (κ2) is 8.62. The predicted octanol–water partition coefficient (Wildman–Crippen LogP) is 1.14. The second-order valence-electron chi connectivity index (χ2n) is 6.27. The van der Waals surface area contributed by atoms with E-state index in [2.05, 4.69) is 5.32 Å². The van der Waals surface area contributed by atoms with Crippen LogP contribution in [-0.4, -0.2) is 51.5 Å². The Morgan fingerprint density at radius 1 is 1.11 bits per heavy atom. The molecule has 27 heavy (non-hydrogen) atoms. The van der Waals surface area contributed by atoms with Gasteiger partial charge < -0.3 is 15.8 Å². The molecular weight excluding hydrogens is 366 g/mol. The van der Waals surface area contributed by atoms with Gasteiger partial charge in [-0.2, -0.15) is 4.31 Å². The number of rotatable bonds is 6. The lowest BCUT2D eigenvalue weighted by molar-refractivity contribution is 0.0730. The first-order valence-electron chi connectivity index (χ1n) is 8.75. The van der Waals surface area contributed by atoms with Crippen molar-refractivity contribution in [1.82, 2.24) is 9.62 Å². The fraction of sp³-hybridized carbons (Fsp3) is 0.316. The van der Waals surface area contributed by atoms with Crippen LogP contribution >= 0.6 is 0 Å². The molecule has 3 rings (SSSR count). The summed E-state index contributed by atoms with van der Waals surface area (Å²) in [7, 11) is -3.64. The number of morpholine rings is 1. The molecule has 1 saturated heterocycles. The standard InChI is InChI=1S/C19H23N3O4S/c20-18(15-5-2-1-3-6-15)14-21-19(23)16-7-4-8-17(13-16)27(24,25)22-9-11-26-12-10-22/h1-8,13,18H,9-12,14,20H2,(H,21,23). The van der Waals surface area contributed by atoms with Gasteiger partial charge in [-0.25, -0.2) is 8.42 Å². The van der Waals surface area contributed by atoms with E-state index in [1.165, 1.54) is 16.4 Å². The quantitative estimate of drug-likeness (QED) is 0.771. The molecule has 2 aromatic carbocycles. The van der Waals surface area contributed by atoms with Gasteiger partial charge in [0, 0.05) is 31.2 Å². The fourth-order valence-corrected chi connectivity index (χ4v) is 4.31. The van der Waals surface area contributed by atoms with Crippen molar-refractivity contribution in [1.29, 1.82) is 0 Å². The first kappa shape index (κ1) is 19.5. The summed E-state index contributed by atoms with van der Waals surface area (Å²) < 4.78 is 32.0. The van der Waals surface area contributed by atoms with Crippen molar-refractivity contribution in [3.8, 4) is 0 Å². The first-order chi connectivity index (χ1) is 13.0. The van der Waals surface area contributed by atoms with Crippen LogP contribution in [0.1, 0.15) is 22.0 Å². The van der Waals surface area contributed by atoms with Crippen molar-refractivity contribution in [3.63, 3.8) is 0 Å².